The van der Waals surface area contributed by atoms with Gasteiger partial charge in [-0.15, -0.1) is 0 Å². The van der Waals surface area contributed by atoms with Gasteiger partial charge in [-0.25, -0.2) is 13.2 Å². The van der Waals surface area contributed by atoms with Gasteiger partial charge in [0, 0.05) is 17.5 Å². The molecule has 6 nitrogen and oxygen atoms in total. The Labute approximate surface area is 192 Å². The van der Waals surface area contributed by atoms with Gasteiger partial charge in [0.15, 0.2) is 5.78 Å². The molecule has 0 N–H and O–H groups in total. The fraction of sp³-hybridized carbons (Fsp3) is 0.154. The minimum Gasteiger partial charge on any atom is -0.473 e. The average Bonchev–Trinajstić information content (AvgIpc) is 3.26. The highest BCUT2D eigenvalue weighted by atomic mass is 32.2. The monoisotopic (exact) mass is 462 g/mol. The zero-order valence-corrected chi connectivity index (χ0v) is 18.7. The number of Topliss-reactive ketones (excluding diaryl/α,β-unsaturated/α-hetero) is 1. The molecule has 0 saturated carbocycles. The van der Waals surface area contributed by atoms with E-state index in [1.54, 1.807) is 78.9 Å². The van der Waals surface area contributed by atoms with Crippen molar-refractivity contribution in [1.29, 1.82) is 0 Å². The summed E-state index contributed by atoms with van der Waals surface area (Å²) in [5.41, 5.74) is -0.917. The molecule has 1 aliphatic rings. The molecule has 0 aromatic heterocycles. The Morgan fingerprint density at radius 2 is 1.42 bits per heavy atom. The van der Waals surface area contributed by atoms with Crippen molar-refractivity contribution in [2.75, 3.05) is 7.11 Å². The fourth-order valence-corrected chi connectivity index (χ4v) is 5.48. The Kier molecular flexibility index (Phi) is 6.16. The van der Waals surface area contributed by atoms with Crippen LogP contribution in [0.25, 0.3) is 5.76 Å². The van der Waals surface area contributed by atoms with Crippen LogP contribution in [0.2, 0.25) is 0 Å². The molecule has 3 aromatic carbocycles. The standard InChI is InChI=1S/C26H22O6S/c1-31-25(28)26(17-22(27)19-11-5-2-6-12-19)18-23(24(32-26)20-13-7-3-8-14-20)33(29,30)21-15-9-4-10-16-21/h2-16H,17-18H2,1H3. The molecular formula is C26H22O6S. The number of benzene rings is 3. The number of carbonyl (C=O) groups is 2. The van der Waals surface area contributed by atoms with Crippen molar-refractivity contribution in [3.05, 3.63) is 107 Å². The van der Waals surface area contributed by atoms with Crippen molar-refractivity contribution < 1.29 is 27.5 Å². The lowest BCUT2D eigenvalue weighted by molar-refractivity contribution is -0.159. The minimum atomic E-state index is -4.01. The van der Waals surface area contributed by atoms with Crippen molar-refractivity contribution in [2.24, 2.45) is 0 Å². The first kappa shape index (κ1) is 22.5. The van der Waals surface area contributed by atoms with Crippen LogP contribution < -0.4 is 0 Å². The van der Waals surface area contributed by atoms with E-state index in [0.29, 0.717) is 11.1 Å². The topological polar surface area (TPSA) is 86.7 Å². The van der Waals surface area contributed by atoms with E-state index < -0.39 is 21.4 Å². The van der Waals surface area contributed by atoms with Gasteiger partial charge < -0.3 is 9.47 Å². The van der Waals surface area contributed by atoms with Gasteiger partial charge in [0.05, 0.1) is 23.3 Å². The number of ether oxygens (including phenoxy) is 2. The van der Waals surface area contributed by atoms with Gasteiger partial charge in [0.1, 0.15) is 5.76 Å². The number of carbonyl (C=O) groups excluding carboxylic acids is 2. The fourth-order valence-electron chi connectivity index (χ4n) is 3.85. The first-order valence-electron chi connectivity index (χ1n) is 10.3. The predicted octanol–water partition coefficient (Wildman–Crippen LogP) is 4.43. The molecule has 1 unspecified atom stereocenters. The van der Waals surface area contributed by atoms with Crippen molar-refractivity contribution in [3.8, 4) is 0 Å². The predicted molar refractivity (Wildman–Crippen MR) is 123 cm³/mol. The lowest BCUT2D eigenvalue weighted by Gasteiger charge is -2.26. The number of hydrogen-bond donors (Lipinski definition) is 0. The third-order valence-electron chi connectivity index (χ3n) is 5.51. The Hall–Kier alpha value is -3.71. The molecule has 1 atom stereocenters. The highest BCUT2D eigenvalue weighted by molar-refractivity contribution is 7.95. The summed E-state index contributed by atoms with van der Waals surface area (Å²) >= 11 is 0. The molecule has 1 aliphatic heterocycles. The summed E-state index contributed by atoms with van der Waals surface area (Å²) in [5, 5.41) is 0. The van der Waals surface area contributed by atoms with Crippen LogP contribution in [0.3, 0.4) is 0 Å². The molecule has 0 radical (unpaired) electrons. The molecular weight excluding hydrogens is 440 g/mol. The minimum absolute atomic E-state index is 0.0470. The quantitative estimate of drug-likeness (QED) is 0.381. The second-order valence-electron chi connectivity index (χ2n) is 7.67. The van der Waals surface area contributed by atoms with E-state index >= 15 is 0 Å². The number of esters is 1. The maximum Gasteiger partial charge on any atom is 0.351 e. The molecule has 3 aromatic rings. The Balaban J connectivity index is 1.82. The van der Waals surface area contributed by atoms with E-state index in [4.69, 9.17) is 9.47 Å². The van der Waals surface area contributed by atoms with Crippen molar-refractivity contribution in [3.63, 3.8) is 0 Å². The number of ketones is 1. The van der Waals surface area contributed by atoms with Crippen LogP contribution in [0, 0.1) is 0 Å². The molecule has 0 aliphatic carbocycles. The van der Waals surface area contributed by atoms with Crippen LogP contribution >= 0.6 is 0 Å². The van der Waals surface area contributed by atoms with Gasteiger partial charge in [0.2, 0.25) is 15.4 Å². The van der Waals surface area contributed by atoms with E-state index in [0.717, 1.165) is 0 Å². The third-order valence-corrected chi connectivity index (χ3v) is 7.38. The second kappa shape index (κ2) is 9.03. The molecule has 0 saturated heterocycles. The molecule has 0 bridgehead atoms. The lowest BCUT2D eigenvalue weighted by Crippen LogP contribution is -2.42. The van der Waals surface area contributed by atoms with Gasteiger partial charge in [-0.2, -0.15) is 0 Å². The largest absolute Gasteiger partial charge is 0.473 e. The Bertz CT molecular complexity index is 1300. The molecule has 0 fully saturated rings. The molecule has 7 heteroatoms. The van der Waals surface area contributed by atoms with E-state index in [1.807, 2.05) is 0 Å². The average molecular weight is 463 g/mol. The summed E-state index contributed by atoms with van der Waals surface area (Å²) in [4.78, 5) is 26.0. The van der Waals surface area contributed by atoms with Gasteiger partial charge >= 0.3 is 5.97 Å². The van der Waals surface area contributed by atoms with E-state index in [2.05, 4.69) is 0 Å². The van der Waals surface area contributed by atoms with Crippen molar-refractivity contribution >= 4 is 27.3 Å². The summed E-state index contributed by atoms with van der Waals surface area (Å²) in [6.45, 7) is 0. The molecule has 0 amide bonds. The number of rotatable bonds is 7. The Morgan fingerprint density at radius 3 is 2.00 bits per heavy atom. The van der Waals surface area contributed by atoms with Crippen LogP contribution in [0.1, 0.15) is 28.8 Å². The van der Waals surface area contributed by atoms with Crippen LogP contribution in [0.15, 0.2) is 101 Å². The van der Waals surface area contributed by atoms with E-state index in [9.17, 15) is 18.0 Å². The molecule has 1 heterocycles. The highest BCUT2D eigenvalue weighted by Crippen LogP contribution is 2.46. The molecule has 4 rings (SSSR count). The molecule has 33 heavy (non-hydrogen) atoms. The van der Waals surface area contributed by atoms with Gasteiger partial charge in [0.25, 0.3) is 0 Å². The summed E-state index contributed by atoms with van der Waals surface area (Å²) in [6.07, 6.45) is -0.687. The van der Waals surface area contributed by atoms with Gasteiger partial charge in [-0.1, -0.05) is 78.9 Å². The maximum absolute atomic E-state index is 13.6. The molecule has 0 spiro atoms. The zero-order valence-electron chi connectivity index (χ0n) is 17.9. The highest BCUT2D eigenvalue weighted by Gasteiger charge is 2.53. The second-order valence-corrected chi connectivity index (χ2v) is 9.64. The van der Waals surface area contributed by atoms with Gasteiger partial charge in [-0.3, -0.25) is 4.79 Å². The lowest BCUT2D eigenvalue weighted by atomic mass is 9.91. The summed E-state index contributed by atoms with van der Waals surface area (Å²) in [7, 11) is -2.83. The first-order chi connectivity index (χ1) is 15.9. The van der Waals surface area contributed by atoms with E-state index in [1.165, 1.54) is 19.2 Å². The van der Waals surface area contributed by atoms with Gasteiger partial charge in [-0.05, 0) is 12.1 Å². The summed E-state index contributed by atoms with van der Waals surface area (Å²) in [6, 6.07) is 25.1. The van der Waals surface area contributed by atoms with Crippen LogP contribution in [0.5, 0.6) is 0 Å². The smallest absolute Gasteiger partial charge is 0.351 e. The third kappa shape index (κ3) is 4.32. The number of hydrogen-bond acceptors (Lipinski definition) is 6. The summed E-state index contributed by atoms with van der Waals surface area (Å²) in [5.74, 6) is -1.11. The van der Waals surface area contributed by atoms with Crippen molar-refractivity contribution in [2.45, 2.75) is 23.3 Å². The van der Waals surface area contributed by atoms with Crippen LogP contribution in [-0.2, 0) is 24.1 Å². The first-order valence-corrected chi connectivity index (χ1v) is 11.8. The maximum atomic E-state index is 13.6. The van der Waals surface area contributed by atoms with Crippen LogP contribution in [0.4, 0.5) is 0 Å². The summed E-state index contributed by atoms with van der Waals surface area (Å²) < 4.78 is 38.3. The van der Waals surface area contributed by atoms with E-state index in [-0.39, 0.29) is 34.2 Å². The van der Waals surface area contributed by atoms with Crippen molar-refractivity contribution in [1.82, 2.24) is 0 Å². The SMILES string of the molecule is COC(=O)C1(CC(=O)c2ccccc2)CC(S(=O)(=O)c2ccccc2)=C(c2ccccc2)O1. The Morgan fingerprint density at radius 1 is 0.879 bits per heavy atom. The number of sulfone groups is 1. The zero-order chi connectivity index (χ0) is 23.5. The normalized spacial score (nSPS) is 18.0. The number of methoxy groups -OCH3 is 1. The van der Waals surface area contributed by atoms with Crippen LogP contribution in [-0.4, -0.2) is 32.9 Å². The molecule has 168 valence electrons.